The normalized spacial score (nSPS) is 12.7. The van der Waals surface area contributed by atoms with E-state index in [1.807, 2.05) is 30.3 Å². The van der Waals surface area contributed by atoms with Crippen LogP contribution in [0.3, 0.4) is 0 Å². The first-order valence-corrected chi connectivity index (χ1v) is 19.0. The van der Waals surface area contributed by atoms with Crippen LogP contribution in [-0.2, 0) is 30.4 Å². The molecule has 0 amide bonds. The molecule has 6 rings (SSSR count). The minimum Gasteiger partial charge on any atom is -0.506 e. The molecule has 0 atom stereocenters. The van der Waals surface area contributed by atoms with Gasteiger partial charge in [-0.25, -0.2) is 0 Å². The third kappa shape index (κ3) is 7.59. The summed E-state index contributed by atoms with van der Waals surface area (Å²) < 4.78 is 101. The molecule has 0 bridgehead atoms. The van der Waals surface area contributed by atoms with Crippen LogP contribution in [0.4, 0.5) is 34.1 Å². The minimum atomic E-state index is -4.94. The number of anilines is 2. The summed E-state index contributed by atoms with van der Waals surface area (Å²) in [6.45, 7) is 1.57. The molecule has 0 radical (unpaired) electrons. The maximum absolute atomic E-state index is 12.4. The van der Waals surface area contributed by atoms with Crippen molar-refractivity contribution in [1.29, 1.82) is 0 Å². The number of benzene rings is 6. The Bertz CT molecular complexity index is 2830. The molecular weight excluding hydrogens is 739 g/mol. The molecule has 0 aliphatic carbocycles. The molecule has 0 aliphatic rings. The van der Waals surface area contributed by atoms with Crippen molar-refractivity contribution >= 4 is 86.0 Å². The van der Waals surface area contributed by atoms with Crippen LogP contribution in [0.15, 0.2) is 132 Å². The van der Waals surface area contributed by atoms with Crippen LogP contribution in [0, 0.1) is 6.92 Å². The molecule has 0 saturated carbocycles. The molecule has 6 N–H and O–H groups in total. The van der Waals surface area contributed by atoms with E-state index in [0.717, 1.165) is 23.9 Å². The van der Waals surface area contributed by atoms with Gasteiger partial charge in [-0.3, -0.25) is 13.7 Å². The molecule has 6 aromatic carbocycles. The van der Waals surface area contributed by atoms with Gasteiger partial charge in [0.1, 0.15) is 26.9 Å². The molecule has 6 aromatic rings. The monoisotopic (exact) mass is 763 g/mol. The summed E-state index contributed by atoms with van der Waals surface area (Å²) >= 11 is 0. The predicted octanol–water partition coefficient (Wildman–Crippen LogP) is 8.03. The Morgan fingerprint density at radius 1 is 0.558 bits per heavy atom. The number of nitrogens with zero attached hydrogens (tertiary/aromatic N) is 4. The summed E-state index contributed by atoms with van der Waals surface area (Å²) in [6, 6.07) is 23.0. The zero-order chi connectivity index (χ0) is 37.6. The lowest BCUT2D eigenvalue weighted by Gasteiger charge is -2.11. The number of azo groups is 2. The van der Waals surface area contributed by atoms with Crippen LogP contribution in [-0.4, -0.2) is 49.1 Å². The average Bonchev–Trinajstić information content (AvgIpc) is 3.07. The van der Waals surface area contributed by atoms with Crippen LogP contribution >= 0.6 is 0 Å². The highest BCUT2D eigenvalue weighted by Crippen LogP contribution is 2.43. The van der Waals surface area contributed by atoms with Crippen molar-refractivity contribution in [2.75, 3.05) is 5.32 Å². The lowest BCUT2D eigenvalue weighted by atomic mass is 10.1. The van der Waals surface area contributed by atoms with Gasteiger partial charge in [0.15, 0.2) is 5.75 Å². The second-order valence-electron chi connectivity index (χ2n) is 11.3. The van der Waals surface area contributed by atoms with E-state index in [2.05, 4.69) is 25.8 Å². The van der Waals surface area contributed by atoms with Gasteiger partial charge in [0.2, 0.25) is 0 Å². The molecule has 52 heavy (non-hydrogen) atoms. The van der Waals surface area contributed by atoms with E-state index in [4.69, 9.17) is 0 Å². The smallest absolute Gasteiger partial charge is 0.296 e. The number of aryl methyl sites for hydroxylation is 1. The number of phenolic OH excluding ortho intramolecular Hbond substituents is 2. The molecule has 0 heterocycles. The van der Waals surface area contributed by atoms with Gasteiger partial charge < -0.3 is 15.5 Å². The van der Waals surface area contributed by atoms with Crippen molar-refractivity contribution in [3.05, 3.63) is 103 Å². The molecule has 16 nitrogen and oxygen atoms in total. The molecule has 0 aromatic heterocycles. The van der Waals surface area contributed by atoms with Crippen molar-refractivity contribution < 1.29 is 49.1 Å². The lowest BCUT2D eigenvalue weighted by Crippen LogP contribution is -2.04. The topological polar surface area (TPSA) is 265 Å². The Morgan fingerprint density at radius 3 is 1.92 bits per heavy atom. The van der Waals surface area contributed by atoms with Crippen LogP contribution in [0.2, 0.25) is 0 Å². The van der Waals surface area contributed by atoms with Crippen molar-refractivity contribution in [2.24, 2.45) is 20.5 Å². The molecule has 0 unspecified atom stereocenters. The number of rotatable bonds is 9. The summed E-state index contributed by atoms with van der Waals surface area (Å²) in [5.74, 6) is -1.08. The quantitative estimate of drug-likeness (QED) is 0.0604. The zero-order valence-electron chi connectivity index (χ0n) is 26.4. The predicted molar refractivity (Wildman–Crippen MR) is 190 cm³/mol. The number of phenols is 2. The van der Waals surface area contributed by atoms with E-state index in [1.165, 1.54) is 30.3 Å². The maximum atomic E-state index is 12.4. The lowest BCUT2D eigenvalue weighted by molar-refractivity contribution is 0.471. The van der Waals surface area contributed by atoms with Crippen LogP contribution in [0.5, 0.6) is 11.5 Å². The summed E-state index contributed by atoms with van der Waals surface area (Å²) in [5.41, 5.74) is 1.14. The van der Waals surface area contributed by atoms with Crippen molar-refractivity contribution in [2.45, 2.75) is 21.6 Å². The highest BCUT2D eigenvalue weighted by molar-refractivity contribution is 7.87. The van der Waals surface area contributed by atoms with Crippen molar-refractivity contribution in [3.63, 3.8) is 0 Å². The first kappa shape index (κ1) is 36.0. The molecule has 0 saturated heterocycles. The average molecular weight is 764 g/mol. The highest BCUT2D eigenvalue weighted by atomic mass is 32.2. The van der Waals surface area contributed by atoms with Gasteiger partial charge in [0, 0.05) is 28.2 Å². The van der Waals surface area contributed by atoms with Gasteiger partial charge in [-0.1, -0.05) is 24.3 Å². The van der Waals surface area contributed by atoms with E-state index in [9.17, 15) is 49.1 Å². The zero-order valence-corrected chi connectivity index (χ0v) is 28.9. The number of fused-ring (bicyclic) bond motifs is 2. The third-order valence-corrected chi connectivity index (χ3v) is 10.3. The van der Waals surface area contributed by atoms with Crippen molar-refractivity contribution in [3.8, 4) is 11.5 Å². The highest BCUT2D eigenvalue weighted by Gasteiger charge is 2.23. The van der Waals surface area contributed by atoms with Gasteiger partial charge >= 0.3 is 0 Å². The van der Waals surface area contributed by atoms with Crippen LogP contribution in [0.1, 0.15) is 5.56 Å². The molecular formula is C33H25N5O11S3. The molecule has 0 fully saturated rings. The Balaban J connectivity index is 1.32. The molecule has 0 spiro atoms. The number of nitrogens with one attached hydrogen (secondary N) is 1. The van der Waals surface area contributed by atoms with E-state index in [0.29, 0.717) is 17.3 Å². The standard InChI is InChI=1S/C33H25N5O11S3/c1-18-11-28(29(39)17-27(18)36-35-23-8-7-19-13-24(50(41,42)43)16-30(26(19)15-23)51(44,45)46)37-38-32-31(52(47,48)49)14-20-12-22(9-10-25(20)33(32)40)34-21-5-3-2-4-6-21/h2-17,34,39-40H,1H3,(H,41,42,43)(H,44,45,46)(H,47,48,49). The molecule has 19 heteroatoms. The first-order valence-electron chi connectivity index (χ1n) is 14.7. The Labute approximate surface area is 295 Å². The Hall–Kier alpha value is -5.83. The minimum absolute atomic E-state index is 0.0460. The summed E-state index contributed by atoms with van der Waals surface area (Å²) in [4.78, 5) is -2.28. The number of hydrogen-bond donors (Lipinski definition) is 6. The van der Waals surface area contributed by atoms with Gasteiger partial charge in [-0.15, -0.1) is 10.2 Å². The molecule has 266 valence electrons. The Kier molecular flexibility index (Phi) is 9.25. The SMILES string of the molecule is Cc1cc(N=Nc2c(S(=O)(=O)O)cc3cc(Nc4ccccc4)ccc3c2O)c(O)cc1N=Nc1ccc2cc(S(=O)(=O)O)cc(S(=O)(=O)O)c2c1. The van der Waals surface area contributed by atoms with Gasteiger partial charge in [-0.05, 0) is 90.0 Å². The Morgan fingerprint density at radius 2 is 1.25 bits per heavy atom. The largest absolute Gasteiger partial charge is 0.506 e. The second-order valence-corrected chi connectivity index (χ2v) is 15.5. The fourth-order valence-electron chi connectivity index (χ4n) is 5.19. The number of hydrogen-bond acceptors (Lipinski definition) is 13. The fraction of sp³-hybridized carbons (Fsp3) is 0.0303. The van der Waals surface area contributed by atoms with E-state index in [-0.39, 0.29) is 38.6 Å². The van der Waals surface area contributed by atoms with Gasteiger partial charge in [-0.2, -0.15) is 35.5 Å². The van der Waals surface area contributed by atoms with E-state index in [1.54, 1.807) is 19.1 Å². The fourth-order valence-corrected chi connectivity index (χ4v) is 7.20. The van der Waals surface area contributed by atoms with Gasteiger partial charge in [0.25, 0.3) is 30.4 Å². The summed E-state index contributed by atoms with van der Waals surface area (Å²) in [5, 5.41) is 41.2. The van der Waals surface area contributed by atoms with Crippen molar-refractivity contribution in [1.82, 2.24) is 0 Å². The second kappa shape index (κ2) is 13.4. The number of aromatic hydroxyl groups is 2. The summed E-state index contributed by atoms with van der Waals surface area (Å²) in [6.07, 6.45) is 0. The molecule has 0 aliphatic heterocycles. The van der Waals surface area contributed by atoms with Crippen LogP contribution in [0.25, 0.3) is 21.5 Å². The summed E-state index contributed by atoms with van der Waals surface area (Å²) in [7, 11) is -14.7. The van der Waals surface area contributed by atoms with Gasteiger partial charge in [0.05, 0.1) is 16.3 Å². The first-order chi connectivity index (χ1) is 24.4. The van der Waals surface area contributed by atoms with E-state index < -0.39 is 62.2 Å². The van der Waals surface area contributed by atoms with Crippen LogP contribution < -0.4 is 5.32 Å². The third-order valence-electron chi connectivity index (χ3n) is 7.66. The number of para-hydroxylation sites is 1. The van der Waals surface area contributed by atoms with E-state index >= 15 is 0 Å². The maximum Gasteiger partial charge on any atom is 0.296 e.